The average Bonchev–Trinajstić information content (AvgIpc) is 2.99. The van der Waals surface area contributed by atoms with E-state index >= 15 is 0 Å². The van der Waals surface area contributed by atoms with Crippen LogP contribution in [-0.4, -0.2) is 14.6 Å². The Hall–Kier alpha value is -3.54. The van der Waals surface area contributed by atoms with Crippen LogP contribution in [0.25, 0.3) is 16.9 Å². The molecule has 6 heteroatoms. The Kier molecular flexibility index (Phi) is 3.28. The van der Waals surface area contributed by atoms with E-state index in [1.165, 1.54) is 16.7 Å². The molecular weight excluding hydrogens is 324 g/mol. The molecule has 126 valence electrons. The molecule has 0 saturated heterocycles. The molecule has 0 radical (unpaired) electrons. The monoisotopic (exact) mass is 340 g/mol. The Morgan fingerprint density at radius 1 is 0.885 bits per heavy atom. The van der Waals surface area contributed by atoms with E-state index < -0.39 is 0 Å². The number of benzene rings is 2. The first-order valence-corrected chi connectivity index (χ1v) is 8.52. The normalized spacial score (nSPS) is 13.1. The van der Waals surface area contributed by atoms with E-state index in [4.69, 9.17) is 10.7 Å². The highest BCUT2D eigenvalue weighted by atomic mass is 15.3. The van der Waals surface area contributed by atoms with Crippen LogP contribution in [0.5, 0.6) is 0 Å². The molecule has 5 rings (SSSR count). The molecule has 6 nitrogen and oxygen atoms in total. The second-order valence-corrected chi connectivity index (χ2v) is 6.31. The molecule has 2 heterocycles. The summed E-state index contributed by atoms with van der Waals surface area (Å²) in [5.74, 6) is 0.327. The van der Waals surface area contributed by atoms with Gasteiger partial charge < -0.3 is 5.73 Å². The number of hydrogen-bond acceptors (Lipinski definition) is 5. The first-order valence-electron chi connectivity index (χ1n) is 8.52. The summed E-state index contributed by atoms with van der Waals surface area (Å²) in [6, 6.07) is 17.9. The highest BCUT2D eigenvalue weighted by Gasteiger charge is 2.21. The smallest absolute Gasteiger partial charge is 0.185 e. The van der Waals surface area contributed by atoms with Crippen LogP contribution in [0.1, 0.15) is 11.1 Å². The summed E-state index contributed by atoms with van der Waals surface area (Å²) in [4.78, 5) is 4.86. The fraction of sp³-hybridized carbons (Fsp3) is 0.100. The summed E-state index contributed by atoms with van der Waals surface area (Å²) < 4.78 is 1.71. The molecule has 0 saturated carbocycles. The highest BCUT2D eigenvalue weighted by Crippen LogP contribution is 2.35. The lowest BCUT2D eigenvalue weighted by atomic mass is 9.90. The topological polar surface area (TPSA) is 80.9 Å². The van der Waals surface area contributed by atoms with Crippen molar-refractivity contribution in [2.75, 3.05) is 5.73 Å². The number of aromatic nitrogens is 3. The fourth-order valence-corrected chi connectivity index (χ4v) is 3.37. The van der Waals surface area contributed by atoms with Crippen molar-refractivity contribution in [3.8, 4) is 11.3 Å². The molecule has 4 aromatic rings. The van der Waals surface area contributed by atoms with Crippen LogP contribution in [0.15, 0.2) is 71.0 Å². The maximum Gasteiger partial charge on any atom is 0.185 e. The van der Waals surface area contributed by atoms with Gasteiger partial charge in [-0.25, -0.2) is 9.50 Å². The van der Waals surface area contributed by atoms with Crippen LogP contribution in [0, 0.1) is 0 Å². The zero-order valence-corrected chi connectivity index (χ0v) is 14.0. The number of nitrogen functional groups attached to an aromatic ring is 1. The van der Waals surface area contributed by atoms with Gasteiger partial charge in [-0.3, -0.25) is 0 Å². The van der Waals surface area contributed by atoms with Crippen LogP contribution < -0.4 is 5.73 Å². The number of azo groups is 1. The molecule has 0 spiro atoms. The van der Waals surface area contributed by atoms with E-state index in [9.17, 15) is 0 Å². The van der Waals surface area contributed by atoms with Crippen LogP contribution in [-0.2, 0) is 12.8 Å². The minimum atomic E-state index is 0.327. The summed E-state index contributed by atoms with van der Waals surface area (Å²) in [7, 11) is 0. The Balaban J connectivity index is 1.67. The average molecular weight is 340 g/mol. The van der Waals surface area contributed by atoms with Gasteiger partial charge in [-0.05, 0) is 36.1 Å². The number of nitrogens with two attached hydrogens (primary N) is 1. The Morgan fingerprint density at radius 3 is 2.54 bits per heavy atom. The maximum atomic E-state index is 6.09. The standard InChI is InChI=1S/C20H16N6/c21-19-18(24-23-15-7-2-1-3-8-15)20-22-17-14(12-26(20)25-19)11-10-13-6-4-5-9-16(13)17/h1-9,12H,10-11H2,(H2,21,25). The number of anilines is 1. The van der Waals surface area contributed by atoms with Gasteiger partial charge >= 0.3 is 0 Å². The lowest BCUT2D eigenvalue weighted by molar-refractivity contribution is 0.870. The SMILES string of the molecule is Nc1nn2cc3c(nc2c1N=Nc1ccccc1)-c1ccccc1CC3. The van der Waals surface area contributed by atoms with Gasteiger partial charge in [0.2, 0.25) is 0 Å². The van der Waals surface area contributed by atoms with E-state index in [0.29, 0.717) is 17.2 Å². The van der Waals surface area contributed by atoms with Gasteiger partial charge in [0.1, 0.15) is 0 Å². The summed E-state index contributed by atoms with van der Waals surface area (Å²) in [6.45, 7) is 0. The number of rotatable bonds is 2. The van der Waals surface area contributed by atoms with Crippen molar-refractivity contribution in [1.82, 2.24) is 14.6 Å². The van der Waals surface area contributed by atoms with E-state index in [1.54, 1.807) is 4.52 Å². The molecule has 0 amide bonds. The van der Waals surface area contributed by atoms with Gasteiger partial charge in [0.15, 0.2) is 17.2 Å². The molecule has 0 fully saturated rings. The zero-order chi connectivity index (χ0) is 17.5. The van der Waals surface area contributed by atoms with Crippen molar-refractivity contribution in [2.45, 2.75) is 12.8 Å². The number of aryl methyl sites for hydroxylation is 2. The third kappa shape index (κ3) is 2.35. The van der Waals surface area contributed by atoms with Gasteiger partial charge in [0, 0.05) is 11.8 Å². The first-order chi connectivity index (χ1) is 12.8. The van der Waals surface area contributed by atoms with Crippen LogP contribution in [0.3, 0.4) is 0 Å². The zero-order valence-electron chi connectivity index (χ0n) is 14.0. The molecule has 0 bridgehead atoms. The summed E-state index contributed by atoms with van der Waals surface area (Å²) >= 11 is 0. The largest absolute Gasteiger partial charge is 0.380 e. The lowest BCUT2D eigenvalue weighted by Gasteiger charge is -2.18. The van der Waals surface area contributed by atoms with Crippen molar-refractivity contribution in [1.29, 1.82) is 0 Å². The number of hydrogen-bond donors (Lipinski definition) is 1. The third-order valence-electron chi connectivity index (χ3n) is 4.64. The number of nitrogens with zero attached hydrogens (tertiary/aromatic N) is 5. The first kappa shape index (κ1) is 14.8. The second kappa shape index (κ2) is 5.77. The van der Waals surface area contributed by atoms with Gasteiger partial charge in [-0.15, -0.1) is 10.2 Å². The molecule has 0 atom stereocenters. The molecule has 2 N–H and O–H groups in total. The van der Waals surface area contributed by atoms with E-state index in [2.05, 4.69) is 33.5 Å². The molecule has 0 unspecified atom stereocenters. The molecule has 0 aliphatic heterocycles. The Labute approximate surface area is 150 Å². The second-order valence-electron chi connectivity index (χ2n) is 6.31. The molecule has 26 heavy (non-hydrogen) atoms. The van der Waals surface area contributed by atoms with E-state index in [0.717, 1.165) is 24.2 Å². The summed E-state index contributed by atoms with van der Waals surface area (Å²) in [5.41, 5.74) is 12.6. The molecule has 2 aromatic heterocycles. The molecule has 2 aromatic carbocycles. The fourth-order valence-electron chi connectivity index (χ4n) is 3.37. The predicted octanol–water partition coefficient (Wildman–Crippen LogP) is 4.49. The maximum absolute atomic E-state index is 6.09. The Morgan fingerprint density at radius 2 is 1.65 bits per heavy atom. The third-order valence-corrected chi connectivity index (χ3v) is 4.64. The lowest BCUT2D eigenvalue weighted by Crippen LogP contribution is -2.08. The van der Waals surface area contributed by atoms with Crippen LogP contribution in [0.2, 0.25) is 0 Å². The summed E-state index contributed by atoms with van der Waals surface area (Å²) in [5, 5.41) is 13.0. The van der Waals surface area contributed by atoms with Gasteiger partial charge in [0.05, 0.1) is 11.4 Å². The van der Waals surface area contributed by atoms with E-state index in [1.807, 2.05) is 42.6 Å². The number of fused-ring (bicyclic) bond motifs is 4. The molecular formula is C20H16N6. The van der Waals surface area contributed by atoms with Crippen LogP contribution >= 0.6 is 0 Å². The van der Waals surface area contributed by atoms with Crippen molar-refractivity contribution >= 4 is 22.8 Å². The molecule has 1 aliphatic carbocycles. The highest BCUT2D eigenvalue weighted by molar-refractivity contribution is 5.79. The van der Waals surface area contributed by atoms with Gasteiger partial charge in [-0.2, -0.15) is 5.11 Å². The Bertz CT molecular complexity index is 1140. The quantitative estimate of drug-likeness (QED) is 0.546. The summed E-state index contributed by atoms with van der Waals surface area (Å²) in [6.07, 6.45) is 3.95. The van der Waals surface area contributed by atoms with Crippen molar-refractivity contribution in [2.24, 2.45) is 10.2 Å². The van der Waals surface area contributed by atoms with Crippen molar-refractivity contribution in [3.05, 3.63) is 71.9 Å². The predicted molar refractivity (Wildman–Crippen MR) is 101 cm³/mol. The van der Waals surface area contributed by atoms with Crippen molar-refractivity contribution in [3.63, 3.8) is 0 Å². The minimum absolute atomic E-state index is 0.327. The van der Waals surface area contributed by atoms with Gasteiger partial charge in [-0.1, -0.05) is 42.5 Å². The van der Waals surface area contributed by atoms with E-state index in [-0.39, 0.29) is 0 Å². The van der Waals surface area contributed by atoms with Crippen molar-refractivity contribution < 1.29 is 0 Å². The van der Waals surface area contributed by atoms with Crippen LogP contribution in [0.4, 0.5) is 17.2 Å². The molecule has 1 aliphatic rings. The minimum Gasteiger partial charge on any atom is -0.380 e. The van der Waals surface area contributed by atoms with Gasteiger partial charge in [0.25, 0.3) is 0 Å².